The molecule has 5 nitrogen and oxygen atoms in total. The van der Waals surface area contributed by atoms with Gasteiger partial charge in [0.2, 0.25) is 0 Å². The highest BCUT2D eigenvalue weighted by Gasteiger charge is 2.09. The molecule has 0 bridgehead atoms. The summed E-state index contributed by atoms with van der Waals surface area (Å²) in [6.45, 7) is 2.69. The number of aromatic carboxylic acids is 1. The molecule has 136 valence electrons. The molecule has 25 heavy (non-hydrogen) atoms. The second kappa shape index (κ2) is 10.7. The van der Waals surface area contributed by atoms with Crippen molar-refractivity contribution < 1.29 is 19.7 Å². The maximum atomic E-state index is 10.8. The van der Waals surface area contributed by atoms with Crippen molar-refractivity contribution >= 4 is 18.4 Å². The normalized spacial score (nSPS) is 12.7. The number of carboxylic acids is 1. The molecule has 0 saturated carbocycles. The third kappa shape index (κ3) is 7.56. The highest BCUT2D eigenvalue weighted by atomic mass is 35.5. The summed E-state index contributed by atoms with van der Waals surface area (Å²) in [6, 6.07) is 16.4. The Labute approximate surface area is 154 Å². The van der Waals surface area contributed by atoms with Crippen molar-refractivity contribution in [3.8, 4) is 5.75 Å². The predicted molar refractivity (Wildman–Crippen MR) is 99.8 cm³/mol. The van der Waals surface area contributed by atoms with Crippen LogP contribution < -0.4 is 10.1 Å². The van der Waals surface area contributed by atoms with E-state index in [0.717, 1.165) is 17.7 Å². The van der Waals surface area contributed by atoms with E-state index in [1.165, 1.54) is 0 Å². The number of rotatable bonds is 9. The molecule has 0 heterocycles. The summed E-state index contributed by atoms with van der Waals surface area (Å²) < 4.78 is 5.51. The molecular weight excluding hydrogens is 342 g/mol. The minimum Gasteiger partial charge on any atom is -0.491 e. The summed E-state index contributed by atoms with van der Waals surface area (Å²) in [5.74, 6) is -0.183. The zero-order valence-electron chi connectivity index (χ0n) is 14.1. The molecule has 0 radical (unpaired) electrons. The Morgan fingerprint density at radius 3 is 2.36 bits per heavy atom. The molecule has 0 aliphatic rings. The van der Waals surface area contributed by atoms with E-state index in [1.807, 2.05) is 49.4 Å². The molecule has 2 rings (SSSR count). The number of halogens is 1. The van der Waals surface area contributed by atoms with E-state index in [4.69, 9.17) is 9.84 Å². The molecule has 0 amide bonds. The van der Waals surface area contributed by atoms with Gasteiger partial charge in [0.25, 0.3) is 0 Å². The molecule has 0 fully saturated rings. The minimum absolute atomic E-state index is 0. The maximum absolute atomic E-state index is 10.8. The molecule has 2 aromatic carbocycles. The van der Waals surface area contributed by atoms with Gasteiger partial charge < -0.3 is 20.3 Å². The molecule has 2 atom stereocenters. The zero-order valence-corrected chi connectivity index (χ0v) is 14.9. The highest BCUT2D eigenvalue weighted by Crippen LogP contribution is 2.09. The summed E-state index contributed by atoms with van der Waals surface area (Å²) in [5, 5.41) is 22.1. The van der Waals surface area contributed by atoms with Crippen molar-refractivity contribution in [2.45, 2.75) is 25.5 Å². The van der Waals surface area contributed by atoms with Crippen molar-refractivity contribution in [1.82, 2.24) is 5.32 Å². The van der Waals surface area contributed by atoms with Gasteiger partial charge >= 0.3 is 5.97 Å². The fourth-order valence-electron chi connectivity index (χ4n) is 2.31. The summed E-state index contributed by atoms with van der Waals surface area (Å²) in [4.78, 5) is 10.8. The van der Waals surface area contributed by atoms with Gasteiger partial charge in [-0.25, -0.2) is 4.79 Å². The number of aliphatic hydroxyl groups excluding tert-OH is 1. The minimum atomic E-state index is -0.922. The van der Waals surface area contributed by atoms with Crippen LogP contribution in [-0.4, -0.2) is 41.5 Å². The molecule has 0 aromatic heterocycles. The number of aliphatic hydroxyl groups is 1. The quantitative estimate of drug-likeness (QED) is 0.636. The van der Waals surface area contributed by atoms with Crippen molar-refractivity contribution in [3.63, 3.8) is 0 Å². The summed E-state index contributed by atoms with van der Waals surface area (Å²) in [5.41, 5.74) is 1.34. The van der Waals surface area contributed by atoms with Gasteiger partial charge in [-0.15, -0.1) is 12.4 Å². The lowest BCUT2D eigenvalue weighted by Crippen LogP contribution is -2.37. The number of ether oxygens (including phenoxy) is 1. The SMILES string of the molecule is C[C@H](Cc1ccc(C(=O)O)cc1)NCC(O)COc1ccccc1.Cl. The smallest absolute Gasteiger partial charge is 0.335 e. The van der Waals surface area contributed by atoms with E-state index >= 15 is 0 Å². The summed E-state index contributed by atoms with van der Waals surface area (Å²) in [7, 11) is 0. The Morgan fingerprint density at radius 2 is 1.76 bits per heavy atom. The highest BCUT2D eigenvalue weighted by molar-refractivity contribution is 5.87. The third-order valence-electron chi connectivity index (χ3n) is 3.63. The first-order chi connectivity index (χ1) is 11.5. The van der Waals surface area contributed by atoms with Gasteiger partial charge in [0, 0.05) is 12.6 Å². The number of hydrogen-bond donors (Lipinski definition) is 3. The number of carboxylic acid groups (broad SMARTS) is 1. The number of carbonyl (C=O) groups is 1. The van der Waals surface area contributed by atoms with Crippen LogP contribution in [0.1, 0.15) is 22.8 Å². The first kappa shape index (κ1) is 21.0. The van der Waals surface area contributed by atoms with Crippen LogP contribution in [-0.2, 0) is 6.42 Å². The number of benzene rings is 2. The largest absolute Gasteiger partial charge is 0.491 e. The lowest BCUT2D eigenvalue weighted by molar-refractivity contribution is 0.0697. The van der Waals surface area contributed by atoms with Crippen LogP contribution in [0.25, 0.3) is 0 Å². The zero-order chi connectivity index (χ0) is 17.4. The Bertz CT molecular complexity index is 634. The topological polar surface area (TPSA) is 78.8 Å². The van der Waals surface area contributed by atoms with Crippen LogP contribution in [0.15, 0.2) is 54.6 Å². The van der Waals surface area contributed by atoms with Crippen LogP contribution in [0.3, 0.4) is 0 Å². The van der Waals surface area contributed by atoms with E-state index in [1.54, 1.807) is 12.1 Å². The molecular formula is C19H24ClNO4. The molecule has 0 spiro atoms. The Morgan fingerprint density at radius 1 is 1.12 bits per heavy atom. The van der Waals surface area contributed by atoms with Crippen molar-refractivity contribution in [3.05, 3.63) is 65.7 Å². The average molecular weight is 366 g/mol. The van der Waals surface area contributed by atoms with Gasteiger partial charge in [-0.2, -0.15) is 0 Å². The molecule has 3 N–H and O–H groups in total. The van der Waals surface area contributed by atoms with Gasteiger partial charge in [-0.1, -0.05) is 30.3 Å². The molecule has 1 unspecified atom stereocenters. The van der Waals surface area contributed by atoms with E-state index < -0.39 is 12.1 Å². The van der Waals surface area contributed by atoms with Crippen LogP contribution >= 0.6 is 12.4 Å². The predicted octanol–water partition coefficient (Wildman–Crippen LogP) is 2.77. The van der Waals surface area contributed by atoms with E-state index in [0.29, 0.717) is 6.54 Å². The van der Waals surface area contributed by atoms with Gasteiger partial charge in [0.05, 0.1) is 5.56 Å². The second-order valence-corrected chi connectivity index (χ2v) is 5.79. The van der Waals surface area contributed by atoms with E-state index in [2.05, 4.69) is 5.32 Å². The van der Waals surface area contributed by atoms with Crippen molar-refractivity contribution in [1.29, 1.82) is 0 Å². The number of hydrogen-bond acceptors (Lipinski definition) is 4. The van der Waals surface area contributed by atoms with E-state index in [9.17, 15) is 9.90 Å². The molecule has 0 aliphatic heterocycles. The number of nitrogens with one attached hydrogen (secondary N) is 1. The van der Waals surface area contributed by atoms with Gasteiger partial charge in [-0.3, -0.25) is 0 Å². The Hall–Kier alpha value is -2.08. The Balaban J connectivity index is 0.00000312. The lowest BCUT2D eigenvalue weighted by atomic mass is 10.1. The van der Waals surface area contributed by atoms with Crippen LogP contribution in [0.4, 0.5) is 0 Å². The molecule has 0 aliphatic carbocycles. The van der Waals surface area contributed by atoms with Crippen LogP contribution in [0.5, 0.6) is 5.75 Å². The monoisotopic (exact) mass is 365 g/mol. The maximum Gasteiger partial charge on any atom is 0.335 e. The fourth-order valence-corrected chi connectivity index (χ4v) is 2.31. The van der Waals surface area contributed by atoms with Crippen LogP contribution in [0.2, 0.25) is 0 Å². The fraction of sp³-hybridized carbons (Fsp3) is 0.316. The van der Waals surface area contributed by atoms with E-state index in [-0.39, 0.29) is 30.6 Å². The van der Waals surface area contributed by atoms with Gasteiger partial charge in [-0.05, 0) is 43.2 Å². The van der Waals surface area contributed by atoms with Crippen molar-refractivity contribution in [2.24, 2.45) is 0 Å². The lowest BCUT2D eigenvalue weighted by Gasteiger charge is -2.18. The number of para-hydroxylation sites is 1. The average Bonchev–Trinajstić information content (AvgIpc) is 2.59. The standard InChI is InChI=1S/C19H23NO4.ClH/c1-14(11-15-7-9-16(10-8-15)19(22)23)20-12-17(21)13-24-18-5-3-2-4-6-18;/h2-10,14,17,20-21H,11-13H2,1H3,(H,22,23);1H/t14-,17?;/m1./s1. The Kier molecular flexibility index (Phi) is 8.99. The third-order valence-corrected chi connectivity index (χ3v) is 3.63. The first-order valence-corrected chi connectivity index (χ1v) is 7.96. The molecule has 6 heteroatoms. The van der Waals surface area contributed by atoms with Crippen molar-refractivity contribution in [2.75, 3.05) is 13.2 Å². The first-order valence-electron chi connectivity index (χ1n) is 7.96. The van der Waals surface area contributed by atoms with Gasteiger partial charge in [0.1, 0.15) is 18.5 Å². The second-order valence-electron chi connectivity index (χ2n) is 5.79. The van der Waals surface area contributed by atoms with Crippen LogP contribution in [0, 0.1) is 0 Å². The molecule has 0 saturated heterocycles. The molecule has 2 aromatic rings. The summed E-state index contributed by atoms with van der Waals surface area (Å²) in [6.07, 6.45) is 0.161. The van der Waals surface area contributed by atoms with Gasteiger partial charge in [0.15, 0.2) is 0 Å². The summed E-state index contributed by atoms with van der Waals surface area (Å²) >= 11 is 0.